The van der Waals surface area contributed by atoms with Crippen LogP contribution in [0.5, 0.6) is 5.75 Å². The summed E-state index contributed by atoms with van der Waals surface area (Å²) in [6.07, 6.45) is 1.60. The van der Waals surface area contributed by atoms with E-state index in [9.17, 15) is 14.7 Å². The van der Waals surface area contributed by atoms with E-state index in [1.807, 2.05) is 17.5 Å². The molecule has 0 bridgehead atoms. The normalized spacial score (nSPS) is 16.9. The zero-order chi connectivity index (χ0) is 16.6. The average Bonchev–Trinajstić information content (AvgIpc) is 3.01. The third-order valence-corrected chi connectivity index (χ3v) is 4.45. The maximum Gasteiger partial charge on any atom is 0.326 e. The third kappa shape index (κ3) is 2.95. The Kier molecular flexibility index (Phi) is 4.11. The summed E-state index contributed by atoms with van der Waals surface area (Å²) in [6, 6.07) is 7.43. The number of ether oxygens (including phenoxy) is 1. The van der Waals surface area contributed by atoms with Gasteiger partial charge in [0.15, 0.2) is 11.5 Å². The molecule has 3 rings (SSSR count). The molecule has 1 N–H and O–H groups in total. The van der Waals surface area contributed by atoms with Crippen molar-refractivity contribution < 1.29 is 19.4 Å². The summed E-state index contributed by atoms with van der Waals surface area (Å²) in [5, 5.41) is 11.6. The first-order valence-electron chi connectivity index (χ1n) is 6.76. The number of hydrogen-bond donors (Lipinski definition) is 1. The molecule has 118 valence electrons. The summed E-state index contributed by atoms with van der Waals surface area (Å²) in [7, 11) is 0. The molecule has 23 heavy (non-hydrogen) atoms. The van der Waals surface area contributed by atoms with Crippen LogP contribution in [0.2, 0.25) is 5.02 Å². The Morgan fingerprint density at radius 3 is 2.87 bits per heavy atom. The number of carbonyl (C=O) groups excluding carboxylic acids is 1. The lowest BCUT2D eigenvalue weighted by molar-refractivity contribution is -0.139. The minimum Gasteiger partial charge on any atom is -0.480 e. The van der Waals surface area contributed by atoms with Crippen molar-refractivity contribution in [3.05, 3.63) is 51.4 Å². The SMILES string of the molecule is CC(C(=O)O)N1C(=O)/C(=C\c2cccs2)Oc2ccc(Cl)cc21. The molecule has 0 aliphatic carbocycles. The van der Waals surface area contributed by atoms with Crippen LogP contribution in [0.25, 0.3) is 6.08 Å². The Balaban J connectivity index is 2.11. The zero-order valence-electron chi connectivity index (χ0n) is 12.0. The lowest BCUT2D eigenvalue weighted by Crippen LogP contribution is -2.47. The van der Waals surface area contributed by atoms with Gasteiger partial charge in [-0.2, -0.15) is 0 Å². The molecule has 1 aromatic heterocycles. The van der Waals surface area contributed by atoms with E-state index in [2.05, 4.69) is 0 Å². The Hall–Kier alpha value is -2.31. The van der Waals surface area contributed by atoms with Crippen molar-refractivity contribution >= 4 is 46.6 Å². The fourth-order valence-electron chi connectivity index (χ4n) is 2.24. The van der Waals surface area contributed by atoms with E-state index in [1.54, 1.807) is 18.2 Å². The highest BCUT2D eigenvalue weighted by atomic mass is 35.5. The van der Waals surface area contributed by atoms with Gasteiger partial charge in [-0.15, -0.1) is 11.3 Å². The first-order chi connectivity index (χ1) is 11.0. The summed E-state index contributed by atoms with van der Waals surface area (Å²) in [5.41, 5.74) is 0.348. The number of fused-ring (bicyclic) bond motifs is 1. The van der Waals surface area contributed by atoms with E-state index in [0.29, 0.717) is 16.5 Å². The van der Waals surface area contributed by atoms with Gasteiger partial charge in [0.1, 0.15) is 6.04 Å². The van der Waals surface area contributed by atoms with Crippen molar-refractivity contribution in [3.8, 4) is 5.75 Å². The van der Waals surface area contributed by atoms with E-state index >= 15 is 0 Å². The van der Waals surface area contributed by atoms with E-state index in [4.69, 9.17) is 16.3 Å². The average molecular weight is 350 g/mol. The van der Waals surface area contributed by atoms with Gasteiger partial charge in [-0.1, -0.05) is 17.7 Å². The molecule has 1 amide bonds. The highest BCUT2D eigenvalue weighted by Gasteiger charge is 2.36. The molecular weight excluding hydrogens is 338 g/mol. The second-order valence-corrected chi connectivity index (χ2v) is 6.34. The molecule has 0 saturated heterocycles. The van der Waals surface area contributed by atoms with Crippen molar-refractivity contribution in [1.29, 1.82) is 0 Å². The van der Waals surface area contributed by atoms with Crippen molar-refractivity contribution in [2.75, 3.05) is 4.90 Å². The van der Waals surface area contributed by atoms with Crippen molar-refractivity contribution in [3.63, 3.8) is 0 Å². The maximum absolute atomic E-state index is 12.7. The third-order valence-electron chi connectivity index (χ3n) is 3.39. The molecule has 2 aromatic rings. The van der Waals surface area contributed by atoms with Crippen LogP contribution in [-0.2, 0) is 9.59 Å². The predicted octanol–water partition coefficient (Wildman–Crippen LogP) is 3.64. The summed E-state index contributed by atoms with van der Waals surface area (Å²) in [5.74, 6) is -1.15. The lowest BCUT2D eigenvalue weighted by atomic mass is 10.1. The molecule has 0 radical (unpaired) electrons. The second-order valence-electron chi connectivity index (χ2n) is 4.93. The minimum atomic E-state index is -1.11. The fraction of sp³-hybridized carbons (Fsp3) is 0.125. The molecular formula is C16H12ClNO4S. The van der Waals surface area contributed by atoms with Gasteiger partial charge in [0, 0.05) is 16.0 Å². The largest absolute Gasteiger partial charge is 0.480 e. The van der Waals surface area contributed by atoms with Gasteiger partial charge >= 0.3 is 5.97 Å². The van der Waals surface area contributed by atoms with Gasteiger partial charge in [-0.05, 0) is 36.6 Å². The number of hydrogen-bond acceptors (Lipinski definition) is 4. The number of nitrogens with zero attached hydrogens (tertiary/aromatic N) is 1. The zero-order valence-corrected chi connectivity index (χ0v) is 13.6. The molecule has 1 aliphatic heterocycles. The first-order valence-corrected chi connectivity index (χ1v) is 8.02. The Bertz CT molecular complexity index is 800. The number of rotatable bonds is 3. The molecule has 5 nitrogen and oxygen atoms in total. The second kappa shape index (κ2) is 6.06. The molecule has 1 atom stereocenters. The van der Waals surface area contributed by atoms with Crippen LogP contribution >= 0.6 is 22.9 Å². The van der Waals surface area contributed by atoms with Crippen molar-refractivity contribution in [1.82, 2.24) is 0 Å². The van der Waals surface area contributed by atoms with Crippen LogP contribution in [0.15, 0.2) is 41.5 Å². The first kappa shape index (κ1) is 15.6. The summed E-state index contributed by atoms with van der Waals surface area (Å²) in [4.78, 5) is 26.1. The predicted molar refractivity (Wildman–Crippen MR) is 89.0 cm³/mol. The number of anilines is 1. The highest BCUT2D eigenvalue weighted by molar-refractivity contribution is 7.10. The minimum absolute atomic E-state index is 0.0790. The monoisotopic (exact) mass is 349 g/mol. The molecule has 0 fully saturated rings. The molecule has 0 saturated carbocycles. The lowest BCUT2D eigenvalue weighted by Gasteiger charge is -2.33. The summed E-state index contributed by atoms with van der Waals surface area (Å²) < 4.78 is 5.66. The quantitative estimate of drug-likeness (QED) is 0.859. The number of carbonyl (C=O) groups is 2. The topological polar surface area (TPSA) is 66.8 Å². The summed E-state index contributed by atoms with van der Waals surface area (Å²) >= 11 is 7.43. The van der Waals surface area contributed by atoms with Gasteiger partial charge in [0.05, 0.1) is 5.69 Å². The number of carboxylic acid groups (broad SMARTS) is 1. The van der Waals surface area contributed by atoms with Gasteiger partial charge in [0.25, 0.3) is 5.91 Å². The van der Waals surface area contributed by atoms with Crippen LogP contribution in [0, 0.1) is 0 Å². The number of halogens is 1. The van der Waals surface area contributed by atoms with Crippen LogP contribution in [-0.4, -0.2) is 23.0 Å². The molecule has 7 heteroatoms. The number of amides is 1. The van der Waals surface area contributed by atoms with Gasteiger partial charge in [0.2, 0.25) is 0 Å². The van der Waals surface area contributed by atoms with Crippen LogP contribution in [0.1, 0.15) is 11.8 Å². The molecule has 1 aliphatic rings. The maximum atomic E-state index is 12.7. The Morgan fingerprint density at radius 2 is 2.22 bits per heavy atom. The molecule has 1 aromatic carbocycles. The Labute approximate surface area is 141 Å². The number of aliphatic carboxylic acids is 1. The highest BCUT2D eigenvalue weighted by Crippen LogP contribution is 2.39. The van der Waals surface area contributed by atoms with E-state index in [0.717, 1.165) is 4.88 Å². The number of benzene rings is 1. The molecule has 1 unspecified atom stereocenters. The van der Waals surface area contributed by atoms with E-state index in [1.165, 1.54) is 29.2 Å². The smallest absolute Gasteiger partial charge is 0.326 e. The van der Waals surface area contributed by atoms with Crippen LogP contribution < -0.4 is 9.64 Å². The van der Waals surface area contributed by atoms with Gasteiger partial charge in [-0.3, -0.25) is 9.69 Å². The molecule has 2 heterocycles. The Morgan fingerprint density at radius 1 is 1.43 bits per heavy atom. The number of carboxylic acids is 1. The van der Waals surface area contributed by atoms with Crippen LogP contribution in [0.3, 0.4) is 0 Å². The fourth-order valence-corrected chi connectivity index (χ4v) is 3.06. The van der Waals surface area contributed by atoms with E-state index < -0.39 is 17.9 Å². The van der Waals surface area contributed by atoms with Crippen LogP contribution in [0.4, 0.5) is 5.69 Å². The van der Waals surface area contributed by atoms with Gasteiger partial charge in [-0.25, -0.2) is 4.79 Å². The summed E-state index contributed by atoms with van der Waals surface area (Å²) in [6.45, 7) is 1.44. The van der Waals surface area contributed by atoms with Crippen molar-refractivity contribution in [2.45, 2.75) is 13.0 Å². The molecule has 0 spiro atoms. The van der Waals surface area contributed by atoms with Gasteiger partial charge < -0.3 is 9.84 Å². The standard InChI is InChI=1S/C16H12ClNO4S/c1-9(16(20)21)18-12-7-10(17)4-5-13(12)22-14(15(18)19)8-11-3-2-6-23-11/h2-9H,1H3,(H,20,21)/b14-8+. The number of thiophene rings is 1. The van der Waals surface area contributed by atoms with Crippen molar-refractivity contribution in [2.24, 2.45) is 0 Å². The van der Waals surface area contributed by atoms with E-state index in [-0.39, 0.29) is 5.76 Å².